The Kier molecular flexibility index (Phi) is 4.01. The van der Waals surface area contributed by atoms with Crippen molar-refractivity contribution in [2.45, 2.75) is 45.4 Å². The number of hydrogen-bond donors (Lipinski definition) is 0. The molecule has 0 N–H and O–H groups in total. The minimum atomic E-state index is -0.219. The van der Waals surface area contributed by atoms with Gasteiger partial charge in [-0.25, -0.2) is 4.39 Å². The molecule has 1 aromatic carbocycles. The molecule has 1 aromatic rings. The van der Waals surface area contributed by atoms with Crippen LogP contribution in [0.4, 0.5) is 4.39 Å². The molecule has 0 unspecified atom stereocenters. The van der Waals surface area contributed by atoms with Crippen LogP contribution in [0.15, 0.2) is 24.3 Å². The molecular formula is C16H20FN. The quantitative estimate of drug-likeness (QED) is 0.770. The largest absolute Gasteiger partial charge is 0.207 e. The van der Waals surface area contributed by atoms with E-state index in [1.54, 1.807) is 12.1 Å². The number of nitrogens with zero attached hydrogens (tertiary/aromatic N) is 1. The van der Waals surface area contributed by atoms with E-state index in [0.29, 0.717) is 0 Å². The summed E-state index contributed by atoms with van der Waals surface area (Å²) in [6, 6.07) is 9.11. The van der Waals surface area contributed by atoms with Crippen molar-refractivity contribution in [2.24, 2.45) is 11.3 Å². The fourth-order valence-corrected chi connectivity index (χ4v) is 2.96. The van der Waals surface area contributed by atoms with Crippen molar-refractivity contribution in [3.8, 4) is 6.07 Å². The highest BCUT2D eigenvalue weighted by Crippen LogP contribution is 2.41. The van der Waals surface area contributed by atoms with E-state index in [2.05, 4.69) is 13.0 Å². The van der Waals surface area contributed by atoms with Gasteiger partial charge in [-0.05, 0) is 55.7 Å². The third kappa shape index (κ3) is 2.90. The van der Waals surface area contributed by atoms with Crippen molar-refractivity contribution in [2.75, 3.05) is 0 Å². The lowest BCUT2D eigenvalue weighted by atomic mass is 9.68. The zero-order chi connectivity index (χ0) is 13.0. The Bertz CT molecular complexity index is 421. The molecule has 0 amide bonds. The van der Waals surface area contributed by atoms with Gasteiger partial charge in [0, 0.05) is 0 Å². The number of benzene rings is 1. The highest BCUT2D eigenvalue weighted by atomic mass is 19.1. The van der Waals surface area contributed by atoms with Crippen LogP contribution < -0.4 is 0 Å². The highest BCUT2D eigenvalue weighted by molar-refractivity contribution is 5.20. The monoisotopic (exact) mass is 245 g/mol. The third-order valence-corrected chi connectivity index (χ3v) is 4.33. The smallest absolute Gasteiger partial charge is 0.123 e. The molecule has 1 saturated carbocycles. The van der Waals surface area contributed by atoms with Gasteiger partial charge in [-0.3, -0.25) is 0 Å². The molecule has 0 radical (unpaired) electrons. The molecular weight excluding hydrogens is 225 g/mol. The second kappa shape index (κ2) is 5.52. The van der Waals surface area contributed by atoms with E-state index in [-0.39, 0.29) is 11.2 Å². The second-order valence-electron chi connectivity index (χ2n) is 5.55. The van der Waals surface area contributed by atoms with Crippen LogP contribution >= 0.6 is 0 Å². The van der Waals surface area contributed by atoms with Crippen molar-refractivity contribution >= 4 is 0 Å². The molecule has 0 aliphatic heterocycles. The van der Waals surface area contributed by atoms with Gasteiger partial charge in [0.1, 0.15) is 5.82 Å². The first-order valence-electron chi connectivity index (χ1n) is 6.83. The van der Waals surface area contributed by atoms with Gasteiger partial charge in [0.25, 0.3) is 0 Å². The van der Waals surface area contributed by atoms with Crippen LogP contribution in [-0.4, -0.2) is 0 Å². The molecule has 1 fully saturated rings. The fourth-order valence-electron chi connectivity index (χ4n) is 2.96. The van der Waals surface area contributed by atoms with Gasteiger partial charge in [0.05, 0.1) is 11.5 Å². The molecule has 0 atom stereocenters. The molecule has 0 bridgehead atoms. The molecule has 2 rings (SSSR count). The van der Waals surface area contributed by atoms with Crippen molar-refractivity contribution in [3.05, 3.63) is 35.6 Å². The number of nitriles is 1. The Labute approximate surface area is 109 Å². The standard InChI is InChI=1S/C16H20FN/c1-2-13-7-9-16(12-18,10-8-13)11-14-3-5-15(17)6-4-14/h3-6,13H,2,7-11H2,1H3. The minimum absolute atomic E-state index is 0.209. The molecule has 18 heavy (non-hydrogen) atoms. The van der Waals surface area contributed by atoms with E-state index in [0.717, 1.165) is 43.6 Å². The zero-order valence-electron chi connectivity index (χ0n) is 11.0. The Morgan fingerprint density at radius 2 is 1.89 bits per heavy atom. The summed E-state index contributed by atoms with van der Waals surface area (Å²) in [5, 5.41) is 9.49. The number of rotatable bonds is 3. The Morgan fingerprint density at radius 3 is 2.39 bits per heavy atom. The summed E-state index contributed by atoms with van der Waals surface area (Å²) in [6.07, 6.45) is 6.27. The van der Waals surface area contributed by atoms with E-state index in [9.17, 15) is 9.65 Å². The normalized spacial score (nSPS) is 27.7. The van der Waals surface area contributed by atoms with Crippen LogP contribution in [0.1, 0.15) is 44.6 Å². The van der Waals surface area contributed by atoms with Crippen molar-refractivity contribution < 1.29 is 4.39 Å². The summed E-state index contributed by atoms with van der Waals surface area (Å²) in [4.78, 5) is 0. The zero-order valence-corrected chi connectivity index (χ0v) is 11.0. The van der Waals surface area contributed by atoms with Gasteiger partial charge >= 0.3 is 0 Å². The van der Waals surface area contributed by atoms with Crippen LogP contribution in [0.25, 0.3) is 0 Å². The molecule has 0 spiro atoms. The predicted octanol–water partition coefficient (Wildman–Crippen LogP) is 4.48. The molecule has 0 heterocycles. The molecule has 1 aliphatic rings. The van der Waals surface area contributed by atoms with Gasteiger partial charge in [0.15, 0.2) is 0 Å². The summed E-state index contributed by atoms with van der Waals surface area (Å²) in [5.41, 5.74) is 0.858. The van der Waals surface area contributed by atoms with Crippen molar-refractivity contribution in [1.82, 2.24) is 0 Å². The molecule has 96 valence electrons. The van der Waals surface area contributed by atoms with Crippen LogP contribution in [0, 0.1) is 28.5 Å². The molecule has 0 saturated heterocycles. The van der Waals surface area contributed by atoms with Crippen LogP contribution in [-0.2, 0) is 6.42 Å². The van der Waals surface area contributed by atoms with E-state index >= 15 is 0 Å². The van der Waals surface area contributed by atoms with Gasteiger partial charge in [0.2, 0.25) is 0 Å². The maximum Gasteiger partial charge on any atom is 0.123 e. The van der Waals surface area contributed by atoms with Gasteiger partial charge in [-0.1, -0.05) is 25.5 Å². The molecule has 2 heteroatoms. The summed E-state index contributed by atoms with van der Waals surface area (Å²) < 4.78 is 12.9. The Hall–Kier alpha value is -1.36. The lowest BCUT2D eigenvalue weighted by Gasteiger charge is -2.34. The SMILES string of the molecule is CCC1CCC(C#N)(Cc2ccc(F)cc2)CC1. The molecule has 0 aromatic heterocycles. The van der Waals surface area contributed by atoms with E-state index in [1.165, 1.54) is 18.6 Å². The average Bonchev–Trinajstić information content (AvgIpc) is 2.42. The van der Waals surface area contributed by atoms with Gasteiger partial charge in [-0.2, -0.15) is 5.26 Å². The first kappa shape index (κ1) is 13.1. The van der Waals surface area contributed by atoms with Crippen LogP contribution in [0.2, 0.25) is 0 Å². The fraction of sp³-hybridized carbons (Fsp3) is 0.562. The topological polar surface area (TPSA) is 23.8 Å². The number of hydrogen-bond acceptors (Lipinski definition) is 1. The van der Waals surface area contributed by atoms with E-state index < -0.39 is 0 Å². The van der Waals surface area contributed by atoms with Gasteiger partial charge < -0.3 is 0 Å². The first-order valence-corrected chi connectivity index (χ1v) is 6.83. The van der Waals surface area contributed by atoms with Crippen molar-refractivity contribution in [1.29, 1.82) is 5.26 Å². The first-order chi connectivity index (χ1) is 8.67. The van der Waals surface area contributed by atoms with Gasteiger partial charge in [-0.15, -0.1) is 0 Å². The summed E-state index contributed by atoms with van der Waals surface area (Å²) >= 11 is 0. The van der Waals surface area contributed by atoms with E-state index in [1.807, 2.05) is 0 Å². The maximum atomic E-state index is 12.9. The maximum absolute atomic E-state index is 12.9. The van der Waals surface area contributed by atoms with E-state index in [4.69, 9.17) is 0 Å². The molecule has 1 nitrogen and oxygen atoms in total. The average molecular weight is 245 g/mol. The lowest BCUT2D eigenvalue weighted by Crippen LogP contribution is -2.28. The molecule has 1 aliphatic carbocycles. The highest BCUT2D eigenvalue weighted by Gasteiger charge is 2.35. The summed E-state index contributed by atoms with van der Waals surface area (Å²) in [7, 11) is 0. The summed E-state index contributed by atoms with van der Waals surface area (Å²) in [5.74, 6) is 0.583. The lowest BCUT2D eigenvalue weighted by molar-refractivity contribution is 0.205. The second-order valence-corrected chi connectivity index (χ2v) is 5.55. The van der Waals surface area contributed by atoms with Crippen LogP contribution in [0.3, 0.4) is 0 Å². The van der Waals surface area contributed by atoms with Crippen molar-refractivity contribution in [3.63, 3.8) is 0 Å². The third-order valence-electron chi connectivity index (χ3n) is 4.33. The minimum Gasteiger partial charge on any atom is -0.207 e. The Morgan fingerprint density at radius 1 is 1.28 bits per heavy atom. The van der Waals surface area contributed by atoms with Crippen LogP contribution in [0.5, 0.6) is 0 Å². The predicted molar refractivity (Wildman–Crippen MR) is 70.4 cm³/mol. The number of halogens is 1. The summed E-state index contributed by atoms with van der Waals surface area (Å²) in [6.45, 7) is 2.23. The Balaban J connectivity index is 2.06.